The number of amides is 1. The van der Waals surface area contributed by atoms with Crippen LogP contribution in [0.3, 0.4) is 0 Å². The van der Waals surface area contributed by atoms with E-state index in [0.717, 1.165) is 4.88 Å². The fraction of sp³-hybridized carbons (Fsp3) is 0.706. The molecule has 8 heteroatoms. The van der Waals surface area contributed by atoms with Crippen molar-refractivity contribution >= 4 is 27.3 Å². The van der Waals surface area contributed by atoms with Gasteiger partial charge >= 0.3 is 0 Å². The standard InChI is InChI=1S/C17H31N3O3S2/c1-12(2)10-13(11-18)20-25(22,23)15-7-6-14(24-15)8-9-19-16(21)17(3,4)5/h6-7,12-13,20H,8-11,18H2,1-5H3,(H,19,21). The van der Waals surface area contributed by atoms with Crippen molar-refractivity contribution in [1.29, 1.82) is 0 Å². The van der Waals surface area contributed by atoms with E-state index in [2.05, 4.69) is 10.0 Å². The highest BCUT2D eigenvalue weighted by Gasteiger charge is 2.22. The Balaban J connectivity index is 2.65. The van der Waals surface area contributed by atoms with Gasteiger partial charge in [-0.3, -0.25) is 4.79 Å². The first-order valence-corrected chi connectivity index (χ1v) is 10.8. The summed E-state index contributed by atoms with van der Waals surface area (Å²) in [6, 6.07) is 3.14. The quantitative estimate of drug-likeness (QED) is 0.602. The third-order valence-corrected chi connectivity index (χ3v) is 6.76. The summed E-state index contributed by atoms with van der Waals surface area (Å²) < 4.78 is 27.9. The van der Waals surface area contributed by atoms with Gasteiger partial charge < -0.3 is 11.1 Å². The van der Waals surface area contributed by atoms with Crippen LogP contribution in [0.15, 0.2) is 16.3 Å². The zero-order chi connectivity index (χ0) is 19.3. The number of carbonyl (C=O) groups excluding carboxylic acids is 1. The van der Waals surface area contributed by atoms with Gasteiger partial charge in [0.25, 0.3) is 0 Å². The van der Waals surface area contributed by atoms with Gasteiger partial charge in [0.2, 0.25) is 15.9 Å². The second-order valence-electron chi connectivity index (χ2n) is 7.66. The van der Waals surface area contributed by atoms with Gasteiger partial charge in [0.05, 0.1) is 0 Å². The fourth-order valence-corrected chi connectivity index (χ4v) is 4.87. The number of rotatable bonds is 9. The highest BCUT2D eigenvalue weighted by molar-refractivity contribution is 7.91. The molecule has 4 N–H and O–H groups in total. The monoisotopic (exact) mass is 389 g/mol. The number of hydrogen-bond acceptors (Lipinski definition) is 5. The second-order valence-corrected chi connectivity index (χ2v) is 10.8. The van der Waals surface area contributed by atoms with Crippen LogP contribution in [0, 0.1) is 11.3 Å². The first kappa shape index (κ1) is 22.1. The molecule has 1 atom stereocenters. The number of nitrogens with one attached hydrogen (secondary N) is 2. The van der Waals surface area contributed by atoms with E-state index in [1.54, 1.807) is 12.1 Å². The van der Waals surface area contributed by atoms with E-state index in [-0.39, 0.29) is 22.7 Å². The molecule has 144 valence electrons. The molecule has 1 amide bonds. The third-order valence-electron chi connectivity index (χ3n) is 3.60. The molecular weight excluding hydrogens is 358 g/mol. The van der Waals surface area contributed by atoms with E-state index in [0.29, 0.717) is 25.3 Å². The van der Waals surface area contributed by atoms with E-state index in [1.165, 1.54) is 11.3 Å². The lowest BCUT2D eigenvalue weighted by Gasteiger charge is -2.18. The smallest absolute Gasteiger partial charge is 0.250 e. The molecule has 0 aliphatic carbocycles. The molecule has 1 unspecified atom stereocenters. The summed E-state index contributed by atoms with van der Waals surface area (Å²) in [4.78, 5) is 12.8. The average Bonchev–Trinajstić information content (AvgIpc) is 2.94. The van der Waals surface area contributed by atoms with Crippen molar-refractivity contribution in [3.8, 4) is 0 Å². The maximum absolute atomic E-state index is 12.5. The molecule has 0 fully saturated rings. The van der Waals surface area contributed by atoms with Crippen LogP contribution in [-0.4, -0.2) is 33.5 Å². The Morgan fingerprint density at radius 1 is 1.28 bits per heavy atom. The molecule has 1 heterocycles. The first-order valence-electron chi connectivity index (χ1n) is 8.55. The Hall–Kier alpha value is -0.960. The van der Waals surface area contributed by atoms with E-state index in [9.17, 15) is 13.2 Å². The lowest BCUT2D eigenvalue weighted by molar-refractivity contribution is -0.128. The number of thiophene rings is 1. The average molecular weight is 390 g/mol. The zero-order valence-corrected chi connectivity index (χ0v) is 17.4. The molecule has 25 heavy (non-hydrogen) atoms. The molecule has 0 spiro atoms. The minimum absolute atomic E-state index is 0.0157. The van der Waals surface area contributed by atoms with Crippen LogP contribution in [0.1, 0.15) is 45.9 Å². The number of carbonyl (C=O) groups is 1. The largest absolute Gasteiger partial charge is 0.355 e. The molecule has 0 saturated heterocycles. The molecule has 1 aromatic heterocycles. The van der Waals surface area contributed by atoms with Crippen LogP contribution in [0.4, 0.5) is 0 Å². The van der Waals surface area contributed by atoms with Crippen molar-refractivity contribution in [1.82, 2.24) is 10.0 Å². The minimum Gasteiger partial charge on any atom is -0.355 e. The fourth-order valence-electron chi connectivity index (χ4n) is 2.24. The molecule has 0 aromatic carbocycles. The predicted octanol–water partition coefficient (Wildman–Crippen LogP) is 2.10. The Morgan fingerprint density at radius 3 is 2.44 bits per heavy atom. The van der Waals surface area contributed by atoms with Gasteiger partial charge in [-0.25, -0.2) is 13.1 Å². The van der Waals surface area contributed by atoms with Crippen molar-refractivity contribution in [3.05, 3.63) is 17.0 Å². The summed E-state index contributed by atoms with van der Waals surface area (Å²) in [6.45, 7) is 10.4. The second kappa shape index (κ2) is 9.12. The van der Waals surface area contributed by atoms with Crippen LogP contribution in [0.25, 0.3) is 0 Å². The summed E-state index contributed by atoms with van der Waals surface area (Å²) in [5, 5.41) is 2.87. The van der Waals surface area contributed by atoms with Gasteiger partial charge in [-0.05, 0) is 30.9 Å². The van der Waals surface area contributed by atoms with Crippen molar-refractivity contribution < 1.29 is 13.2 Å². The van der Waals surface area contributed by atoms with Gasteiger partial charge in [-0.1, -0.05) is 34.6 Å². The van der Waals surface area contributed by atoms with Gasteiger partial charge in [0.1, 0.15) is 4.21 Å². The van der Waals surface area contributed by atoms with E-state index in [1.807, 2.05) is 34.6 Å². The lowest BCUT2D eigenvalue weighted by Crippen LogP contribution is -2.40. The van der Waals surface area contributed by atoms with Gasteiger partial charge in [0, 0.05) is 29.4 Å². The Morgan fingerprint density at radius 2 is 1.92 bits per heavy atom. The highest BCUT2D eigenvalue weighted by Crippen LogP contribution is 2.22. The van der Waals surface area contributed by atoms with Crippen LogP contribution in [0.5, 0.6) is 0 Å². The molecule has 1 rings (SSSR count). The Bertz CT molecular complexity index is 661. The Labute approximate surface area is 155 Å². The SMILES string of the molecule is CC(C)CC(CN)NS(=O)(=O)c1ccc(CCNC(=O)C(C)(C)C)s1. The molecule has 0 radical (unpaired) electrons. The number of hydrogen-bond donors (Lipinski definition) is 3. The highest BCUT2D eigenvalue weighted by atomic mass is 32.2. The van der Waals surface area contributed by atoms with Gasteiger partial charge in [-0.2, -0.15) is 0 Å². The van der Waals surface area contributed by atoms with Gasteiger partial charge in [0.15, 0.2) is 0 Å². The molecular formula is C17H31N3O3S2. The van der Waals surface area contributed by atoms with Crippen molar-refractivity contribution in [3.63, 3.8) is 0 Å². The molecule has 0 saturated carbocycles. The lowest BCUT2D eigenvalue weighted by atomic mass is 9.96. The summed E-state index contributed by atoms with van der Waals surface area (Å²) in [5.74, 6) is 0.347. The van der Waals surface area contributed by atoms with Gasteiger partial charge in [-0.15, -0.1) is 11.3 Å². The molecule has 0 bridgehead atoms. The minimum atomic E-state index is -3.56. The van der Waals surface area contributed by atoms with E-state index < -0.39 is 15.4 Å². The van der Waals surface area contributed by atoms with Crippen molar-refractivity contribution in [2.45, 2.75) is 57.7 Å². The topological polar surface area (TPSA) is 101 Å². The van der Waals surface area contributed by atoms with E-state index in [4.69, 9.17) is 5.73 Å². The van der Waals surface area contributed by atoms with Crippen molar-refractivity contribution in [2.24, 2.45) is 17.1 Å². The molecule has 0 aliphatic rings. The van der Waals surface area contributed by atoms with Crippen LogP contribution >= 0.6 is 11.3 Å². The summed E-state index contributed by atoms with van der Waals surface area (Å²) in [5.41, 5.74) is 5.25. The number of nitrogens with two attached hydrogens (primary N) is 1. The summed E-state index contributed by atoms with van der Waals surface area (Å²) in [7, 11) is -3.56. The summed E-state index contributed by atoms with van der Waals surface area (Å²) in [6.07, 6.45) is 1.31. The van der Waals surface area contributed by atoms with E-state index >= 15 is 0 Å². The zero-order valence-electron chi connectivity index (χ0n) is 15.8. The molecule has 1 aromatic rings. The third kappa shape index (κ3) is 7.43. The molecule has 6 nitrogen and oxygen atoms in total. The maximum atomic E-state index is 12.5. The first-order chi connectivity index (χ1) is 11.5. The predicted molar refractivity (Wildman–Crippen MR) is 103 cm³/mol. The normalized spacial score (nSPS) is 13.9. The Kier molecular flexibility index (Phi) is 8.05. The van der Waals surface area contributed by atoms with Crippen molar-refractivity contribution in [2.75, 3.05) is 13.1 Å². The summed E-state index contributed by atoms with van der Waals surface area (Å²) >= 11 is 1.23. The van der Waals surface area contributed by atoms with Crippen LogP contribution < -0.4 is 15.8 Å². The maximum Gasteiger partial charge on any atom is 0.250 e. The molecule has 0 aliphatic heterocycles. The number of sulfonamides is 1. The van der Waals surface area contributed by atoms with Crippen LogP contribution in [-0.2, 0) is 21.2 Å². The van der Waals surface area contributed by atoms with Crippen LogP contribution in [0.2, 0.25) is 0 Å².